The molecule has 0 bridgehead atoms. The summed E-state index contributed by atoms with van der Waals surface area (Å²) in [5, 5.41) is 25.1. The summed E-state index contributed by atoms with van der Waals surface area (Å²) >= 11 is 0. The minimum absolute atomic E-state index is 0.0885. The number of carbonyl (C=O) groups is 2. The Morgan fingerprint density at radius 3 is 1.09 bits per heavy atom. The number of pyridine rings is 3. The van der Waals surface area contributed by atoms with E-state index in [9.17, 15) is 29.1 Å². The van der Waals surface area contributed by atoms with Gasteiger partial charge in [-0.05, 0) is 257 Å². The summed E-state index contributed by atoms with van der Waals surface area (Å²) in [6.07, 6.45) is 11.6. The molecule has 9 aromatic heterocycles. The summed E-state index contributed by atoms with van der Waals surface area (Å²) in [5.41, 5.74) is 11.3. The summed E-state index contributed by atoms with van der Waals surface area (Å²) < 4.78 is 32.8. The highest BCUT2D eigenvalue weighted by Gasteiger charge is 2.32. The van der Waals surface area contributed by atoms with Gasteiger partial charge in [-0.3, -0.25) is 29.3 Å². The third-order valence-electron chi connectivity index (χ3n) is 20.8. The molecule has 0 aliphatic carbocycles. The molecule has 0 saturated heterocycles. The number of fused-ring (bicyclic) bond motifs is 6. The topological polar surface area (TPSA) is 343 Å². The van der Waals surface area contributed by atoms with E-state index in [0.29, 0.717) is 101 Å². The lowest BCUT2D eigenvalue weighted by Crippen LogP contribution is -2.39. The van der Waals surface area contributed by atoms with Crippen LogP contribution in [0.25, 0.3) is 50.2 Å². The van der Waals surface area contributed by atoms with Crippen LogP contribution in [-0.4, -0.2) is 145 Å². The molecule has 15 rings (SSSR count). The summed E-state index contributed by atoms with van der Waals surface area (Å²) in [6.45, 7) is 38.1. The highest BCUT2D eigenvalue weighted by molar-refractivity contribution is 5.80. The van der Waals surface area contributed by atoms with E-state index in [1.807, 2.05) is 181 Å². The molecule has 3 aromatic carbocycles. The minimum atomic E-state index is -1.15. The summed E-state index contributed by atoms with van der Waals surface area (Å²) in [7, 11) is 3.30. The van der Waals surface area contributed by atoms with Crippen LogP contribution in [0.1, 0.15) is 193 Å². The Morgan fingerprint density at radius 1 is 0.432 bits per heavy atom. The first-order chi connectivity index (χ1) is 55.8. The van der Waals surface area contributed by atoms with Gasteiger partial charge in [-0.25, -0.2) is 52.6 Å². The number of hydrogen-bond donors (Lipinski definition) is 5. The molecule has 3 aliphatic rings. The number of hydrogen-bond acceptors (Lipinski definition) is 23. The molecular formula is C87H107N21O10. The van der Waals surface area contributed by atoms with E-state index in [-0.39, 0.29) is 47.0 Å². The standard InChI is InChI=1S/C31H39N7O4.C30H37N7O4.C26H31N7O2/c1-19(2)37-27(39)24-17-33-28(35-26(24)38(37)23-11-13-32-25(16-23)31(6,7)41-8)34-22-10-9-21-18-36(14-12-20(21)15-22)29(40)42-30(3,4)5;1-18(2)36-26(38)23-16-32-27(34-25(23)37(36)22-10-12-31-24(15-22)30(6,7)40)33-21-9-8-20-17-35(13-11-19(20)14-21)28(39)41-29(3,4)5;1-16(2)32-24(34)21-15-29-25(30-19-7-6-18-14-27-10-8-17(18)12-19)31-23(21)33(32)20-9-11-28-22(13-20)26(3,4)35-5/h9-11,13,15-17,19H,12,14,18H2,1-8H3,(H,33,34,35);8-10,12,14-16,18,40H,11,13,17H2,1-7H3,(H,32,33,34);6-7,9,11-13,15-16,27H,8,10,14H2,1-5H3,(H,29,30,31). The van der Waals surface area contributed by atoms with E-state index in [1.54, 1.807) is 99.7 Å². The lowest BCUT2D eigenvalue weighted by atomic mass is 9.99. The average molecular weight is 1610 g/mol. The van der Waals surface area contributed by atoms with E-state index >= 15 is 0 Å². The van der Waals surface area contributed by atoms with Crippen LogP contribution in [0.5, 0.6) is 0 Å². The van der Waals surface area contributed by atoms with Gasteiger partial charge in [0.1, 0.15) is 44.2 Å². The van der Waals surface area contributed by atoms with Crippen molar-refractivity contribution in [2.75, 3.05) is 49.8 Å². The van der Waals surface area contributed by atoms with Gasteiger partial charge in [0.25, 0.3) is 16.7 Å². The van der Waals surface area contributed by atoms with Crippen LogP contribution in [0.4, 0.5) is 44.5 Å². The van der Waals surface area contributed by atoms with Crippen molar-refractivity contribution in [1.29, 1.82) is 0 Å². The van der Waals surface area contributed by atoms with Crippen LogP contribution < -0.4 is 37.9 Å². The fraction of sp³-hybridized carbons (Fsp3) is 0.425. The fourth-order valence-electron chi connectivity index (χ4n) is 14.3. The molecule has 0 fully saturated rings. The van der Waals surface area contributed by atoms with Crippen molar-refractivity contribution in [1.82, 2.24) is 88.1 Å². The number of amides is 2. The number of ether oxygens (including phenoxy) is 4. The van der Waals surface area contributed by atoms with E-state index in [2.05, 4.69) is 69.4 Å². The first-order valence-corrected chi connectivity index (χ1v) is 39.8. The van der Waals surface area contributed by atoms with Crippen molar-refractivity contribution in [2.24, 2.45) is 0 Å². The second-order valence-electron chi connectivity index (χ2n) is 34.2. The quantitative estimate of drug-likeness (QED) is 0.0565. The van der Waals surface area contributed by atoms with Crippen molar-refractivity contribution >= 4 is 80.2 Å². The second kappa shape index (κ2) is 33.1. The predicted octanol–water partition coefficient (Wildman–Crippen LogP) is 14.1. The Morgan fingerprint density at radius 2 is 0.763 bits per heavy atom. The van der Waals surface area contributed by atoms with Crippen LogP contribution in [0, 0.1) is 0 Å². The molecule has 0 radical (unpaired) electrons. The SMILES string of the molecule is CC(C)n1c(=O)c2cnc(Nc3ccc4c(c3)CCN(C(=O)OC(C)(C)C)C4)nc2n1-c1ccnc(C(C)(C)O)c1.COC(C)(C)c1cc(-n2c3nc(Nc4ccc5c(c4)CCN(C(=O)OC(C)(C)C)C5)ncc3c(=O)n2C(C)C)ccn1.COC(C)(C)c1cc(-n2c3nc(Nc4ccc5c(c4)CCNC5)ncc3c(=O)n2C(C)C)ccn1. The Labute approximate surface area is 684 Å². The van der Waals surface area contributed by atoms with E-state index in [1.165, 1.54) is 17.3 Å². The molecule has 620 valence electrons. The highest BCUT2D eigenvalue weighted by atomic mass is 16.6. The maximum atomic E-state index is 13.4. The van der Waals surface area contributed by atoms with Gasteiger partial charge < -0.3 is 55.1 Å². The molecule has 118 heavy (non-hydrogen) atoms. The van der Waals surface area contributed by atoms with Crippen molar-refractivity contribution in [3.63, 3.8) is 0 Å². The maximum absolute atomic E-state index is 13.4. The van der Waals surface area contributed by atoms with Crippen LogP contribution in [0.2, 0.25) is 0 Å². The van der Waals surface area contributed by atoms with Crippen molar-refractivity contribution in [3.05, 3.63) is 210 Å². The molecule has 3 aliphatic heterocycles. The number of aromatic nitrogens is 15. The van der Waals surface area contributed by atoms with E-state index < -0.39 is 28.0 Å². The monoisotopic (exact) mass is 1610 g/mol. The van der Waals surface area contributed by atoms with Gasteiger partial charge in [0.15, 0.2) is 16.9 Å². The molecular weight excluding hydrogens is 1500 g/mol. The number of carbonyl (C=O) groups excluding carboxylic acids is 2. The minimum Gasteiger partial charge on any atom is -0.444 e. The van der Waals surface area contributed by atoms with Crippen LogP contribution in [0.15, 0.2) is 143 Å². The zero-order chi connectivity index (χ0) is 84.8. The number of anilines is 6. The third-order valence-corrected chi connectivity index (χ3v) is 20.8. The molecule has 0 atom stereocenters. The summed E-state index contributed by atoms with van der Waals surface area (Å²) in [5.74, 6) is 1.15. The van der Waals surface area contributed by atoms with E-state index in [0.717, 1.165) is 81.6 Å². The largest absolute Gasteiger partial charge is 0.444 e. The first-order valence-electron chi connectivity index (χ1n) is 39.8. The number of nitrogens with one attached hydrogen (secondary N) is 4. The van der Waals surface area contributed by atoms with Gasteiger partial charge in [-0.1, -0.05) is 18.2 Å². The zero-order valence-corrected chi connectivity index (χ0v) is 70.9. The van der Waals surface area contributed by atoms with Gasteiger partial charge in [-0.15, -0.1) is 0 Å². The smallest absolute Gasteiger partial charge is 0.410 e. The number of methoxy groups -OCH3 is 2. The Hall–Kier alpha value is -12.1. The molecule has 0 spiro atoms. The fourth-order valence-corrected chi connectivity index (χ4v) is 14.3. The Kier molecular flexibility index (Phi) is 23.6. The number of nitrogens with zero attached hydrogens (tertiary/aromatic N) is 17. The second-order valence-corrected chi connectivity index (χ2v) is 34.2. The lowest BCUT2D eigenvalue weighted by Gasteiger charge is -2.31. The molecule has 31 nitrogen and oxygen atoms in total. The molecule has 31 heteroatoms. The number of benzene rings is 3. The van der Waals surface area contributed by atoms with Crippen molar-refractivity contribution in [3.8, 4) is 17.1 Å². The van der Waals surface area contributed by atoms with Gasteiger partial charge in [0, 0.05) is 119 Å². The first kappa shape index (κ1) is 83.9. The van der Waals surface area contributed by atoms with Crippen LogP contribution in [-0.2, 0) is 74.6 Å². The molecule has 0 saturated carbocycles. The van der Waals surface area contributed by atoms with Gasteiger partial charge in [-0.2, -0.15) is 15.0 Å². The van der Waals surface area contributed by atoms with Gasteiger partial charge >= 0.3 is 12.2 Å². The van der Waals surface area contributed by atoms with Crippen LogP contribution >= 0.6 is 0 Å². The van der Waals surface area contributed by atoms with Gasteiger partial charge in [0.05, 0.1) is 34.1 Å². The van der Waals surface area contributed by atoms with Crippen molar-refractivity contribution in [2.45, 2.75) is 210 Å². The highest BCUT2D eigenvalue weighted by Crippen LogP contribution is 2.34. The maximum Gasteiger partial charge on any atom is 0.410 e. The molecule has 5 N–H and O–H groups in total. The lowest BCUT2D eigenvalue weighted by molar-refractivity contribution is 0.0153. The molecule has 12 aromatic rings. The van der Waals surface area contributed by atoms with Gasteiger partial charge in [0.2, 0.25) is 17.8 Å². The summed E-state index contributed by atoms with van der Waals surface area (Å²) in [6, 6.07) is 29.0. The summed E-state index contributed by atoms with van der Waals surface area (Å²) in [4.78, 5) is 110. The normalized spacial score (nSPS) is 13.9. The van der Waals surface area contributed by atoms with E-state index in [4.69, 9.17) is 33.9 Å². The molecule has 12 heterocycles. The predicted molar refractivity (Wildman–Crippen MR) is 455 cm³/mol. The number of rotatable bonds is 17. The zero-order valence-electron chi connectivity index (χ0n) is 70.9. The Bertz CT molecular complexity index is 5970. The van der Waals surface area contributed by atoms with Crippen LogP contribution in [0.3, 0.4) is 0 Å². The molecule has 0 unspecified atom stereocenters. The molecule has 2 amide bonds. The Balaban J connectivity index is 0.000000154. The van der Waals surface area contributed by atoms with Crippen molar-refractivity contribution < 1.29 is 33.6 Å². The number of aliphatic hydroxyl groups is 1. The third kappa shape index (κ3) is 18.1. The average Bonchev–Trinajstić information content (AvgIpc) is 1.61.